The van der Waals surface area contributed by atoms with Gasteiger partial charge in [0.15, 0.2) is 11.4 Å². The van der Waals surface area contributed by atoms with Crippen LogP contribution in [0.25, 0.3) is 11.2 Å². The van der Waals surface area contributed by atoms with E-state index in [9.17, 15) is 22.8 Å². The van der Waals surface area contributed by atoms with Crippen LogP contribution in [-0.4, -0.2) is 16.0 Å². The van der Waals surface area contributed by atoms with Gasteiger partial charge >= 0.3 is 18.0 Å². The van der Waals surface area contributed by atoms with Crippen molar-refractivity contribution in [3.05, 3.63) is 75.9 Å². The number of fused-ring (bicyclic) bond motifs is 1. The number of amides is 2. The van der Waals surface area contributed by atoms with Crippen LogP contribution >= 0.6 is 11.6 Å². The van der Waals surface area contributed by atoms with Gasteiger partial charge < -0.3 is 19.8 Å². The molecule has 4 aromatic rings. The van der Waals surface area contributed by atoms with E-state index in [1.165, 1.54) is 24.4 Å². The van der Waals surface area contributed by atoms with Crippen molar-refractivity contribution in [1.82, 2.24) is 9.97 Å². The molecule has 164 valence electrons. The van der Waals surface area contributed by atoms with Gasteiger partial charge in [0.25, 0.3) is 0 Å². The number of ether oxygens (including phenoxy) is 1. The molecular formula is C20H12ClF3N4O4. The van der Waals surface area contributed by atoms with Gasteiger partial charge in [-0.05, 0) is 30.3 Å². The second kappa shape index (κ2) is 8.27. The lowest BCUT2D eigenvalue weighted by atomic mass is 10.2. The molecule has 0 saturated carbocycles. The van der Waals surface area contributed by atoms with Gasteiger partial charge in [-0.2, -0.15) is 13.2 Å². The molecule has 0 radical (unpaired) electrons. The second-order valence-corrected chi connectivity index (χ2v) is 6.81. The van der Waals surface area contributed by atoms with Gasteiger partial charge in [0, 0.05) is 29.7 Å². The van der Waals surface area contributed by atoms with E-state index in [2.05, 4.69) is 20.6 Å². The molecule has 0 spiro atoms. The largest absolute Gasteiger partial charge is 0.453 e. The van der Waals surface area contributed by atoms with Gasteiger partial charge in [-0.25, -0.2) is 14.6 Å². The Morgan fingerprint density at radius 1 is 1.09 bits per heavy atom. The number of oxazole rings is 1. The molecule has 0 atom stereocenters. The first-order chi connectivity index (χ1) is 15.2. The van der Waals surface area contributed by atoms with Crippen LogP contribution in [0, 0.1) is 0 Å². The molecule has 0 aliphatic rings. The number of urea groups is 1. The molecule has 0 bridgehead atoms. The topological polar surface area (TPSA) is 109 Å². The summed E-state index contributed by atoms with van der Waals surface area (Å²) < 4.78 is 49.7. The molecule has 0 saturated heterocycles. The Morgan fingerprint density at radius 2 is 1.84 bits per heavy atom. The van der Waals surface area contributed by atoms with E-state index in [4.69, 9.17) is 20.8 Å². The number of alkyl halides is 3. The highest BCUT2D eigenvalue weighted by atomic mass is 35.5. The minimum atomic E-state index is -4.66. The Balaban J connectivity index is 1.48. The molecule has 0 aliphatic carbocycles. The number of pyridine rings is 1. The lowest BCUT2D eigenvalue weighted by molar-refractivity contribution is -0.137. The third-order valence-corrected chi connectivity index (χ3v) is 4.46. The number of carbonyl (C=O) groups excluding carboxylic acids is 1. The SMILES string of the molecule is O=C(Nc1cccc(Oc2ccnc3[nH]c(=O)oc23)c1)Nc1ccc(Cl)c(C(F)(F)F)c1. The van der Waals surface area contributed by atoms with Gasteiger partial charge in [0.2, 0.25) is 5.58 Å². The zero-order valence-corrected chi connectivity index (χ0v) is 16.5. The first-order valence-electron chi connectivity index (χ1n) is 8.89. The monoisotopic (exact) mass is 464 g/mol. The molecule has 2 heterocycles. The fourth-order valence-corrected chi connectivity index (χ4v) is 3.02. The zero-order valence-electron chi connectivity index (χ0n) is 15.8. The fraction of sp³-hybridized carbons (Fsp3) is 0.0500. The van der Waals surface area contributed by atoms with Crippen molar-refractivity contribution in [2.75, 3.05) is 10.6 Å². The Hall–Kier alpha value is -3.99. The van der Waals surface area contributed by atoms with E-state index in [0.717, 1.165) is 12.1 Å². The lowest BCUT2D eigenvalue weighted by Crippen LogP contribution is -2.20. The Kier molecular flexibility index (Phi) is 5.49. The first kappa shape index (κ1) is 21.2. The van der Waals surface area contributed by atoms with Crippen LogP contribution in [0.2, 0.25) is 5.02 Å². The summed E-state index contributed by atoms with van der Waals surface area (Å²) in [7, 11) is 0. The number of benzene rings is 2. The quantitative estimate of drug-likeness (QED) is 0.363. The molecule has 12 heteroatoms. The summed E-state index contributed by atoms with van der Waals surface area (Å²) in [5, 5.41) is 4.33. The van der Waals surface area contributed by atoms with Crippen molar-refractivity contribution < 1.29 is 27.1 Å². The summed E-state index contributed by atoms with van der Waals surface area (Å²) in [6, 6.07) is 9.94. The van der Waals surface area contributed by atoms with E-state index < -0.39 is 28.5 Å². The highest BCUT2D eigenvalue weighted by Crippen LogP contribution is 2.36. The number of halogens is 4. The lowest BCUT2D eigenvalue weighted by Gasteiger charge is -2.13. The normalized spacial score (nSPS) is 11.4. The molecule has 3 N–H and O–H groups in total. The van der Waals surface area contributed by atoms with Crippen LogP contribution < -0.4 is 21.1 Å². The zero-order chi connectivity index (χ0) is 22.9. The van der Waals surface area contributed by atoms with Crippen molar-refractivity contribution in [3.63, 3.8) is 0 Å². The smallest absolute Gasteiger partial charge is 0.418 e. The van der Waals surface area contributed by atoms with Gasteiger partial charge in [-0.3, -0.25) is 4.98 Å². The van der Waals surface area contributed by atoms with E-state index >= 15 is 0 Å². The predicted octanol–water partition coefficient (Wildman–Crippen LogP) is 5.62. The summed E-state index contributed by atoms with van der Waals surface area (Å²) in [6.45, 7) is 0. The molecule has 2 aromatic carbocycles. The highest BCUT2D eigenvalue weighted by Gasteiger charge is 2.33. The maximum Gasteiger partial charge on any atom is 0.418 e. The minimum Gasteiger partial charge on any atom is -0.453 e. The number of aromatic amines is 1. The number of H-pyrrole nitrogens is 1. The van der Waals surface area contributed by atoms with E-state index in [-0.39, 0.29) is 22.7 Å². The number of hydrogen-bond acceptors (Lipinski definition) is 5. The average molecular weight is 465 g/mol. The summed E-state index contributed by atoms with van der Waals surface area (Å²) in [5.41, 5.74) is -0.522. The Morgan fingerprint density at radius 3 is 2.59 bits per heavy atom. The van der Waals surface area contributed by atoms with Crippen LogP contribution in [-0.2, 0) is 6.18 Å². The third kappa shape index (κ3) is 4.67. The average Bonchev–Trinajstić information content (AvgIpc) is 3.10. The maximum atomic E-state index is 13.0. The molecule has 0 unspecified atom stereocenters. The maximum absolute atomic E-state index is 13.0. The van der Waals surface area contributed by atoms with Crippen molar-refractivity contribution in [2.45, 2.75) is 6.18 Å². The van der Waals surface area contributed by atoms with Crippen LogP contribution in [0.4, 0.5) is 29.3 Å². The van der Waals surface area contributed by atoms with Crippen molar-refractivity contribution in [2.24, 2.45) is 0 Å². The van der Waals surface area contributed by atoms with E-state index in [1.54, 1.807) is 18.2 Å². The molecule has 4 rings (SSSR count). The first-order valence-corrected chi connectivity index (χ1v) is 9.27. The fourth-order valence-electron chi connectivity index (χ4n) is 2.79. The van der Waals surface area contributed by atoms with Crippen LogP contribution in [0.3, 0.4) is 0 Å². The molecule has 32 heavy (non-hydrogen) atoms. The number of rotatable bonds is 4. The van der Waals surface area contributed by atoms with Gasteiger partial charge in [0.1, 0.15) is 5.75 Å². The van der Waals surface area contributed by atoms with Crippen LogP contribution in [0.5, 0.6) is 11.5 Å². The standard InChI is InChI=1S/C20H12ClF3N4O4/c21-14-5-4-11(9-13(14)20(22,23)24)27-18(29)26-10-2-1-3-12(8-10)31-15-6-7-25-17-16(15)32-19(30)28-17/h1-9H,(H,25,28,30)(H2,26,27,29). The molecule has 0 aliphatic heterocycles. The Bertz CT molecular complexity index is 1370. The van der Waals surface area contributed by atoms with Gasteiger partial charge in [-0.1, -0.05) is 17.7 Å². The summed E-state index contributed by atoms with van der Waals surface area (Å²) in [6.07, 6.45) is -3.24. The molecular weight excluding hydrogens is 453 g/mol. The van der Waals surface area contributed by atoms with Crippen molar-refractivity contribution >= 4 is 40.2 Å². The Labute approximate surface area is 182 Å². The van der Waals surface area contributed by atoms with Crippen LogP contribution in [0.1, 0.15) is 5.56 Å². The summed E-state index contributed by atoms with van der Waals surface area (Å²) >= 11 is 5.58. The summed E-state index contributed by atoms with van der Waals surface area (Å²) in [5.74, 6) is -0.174. The predicted molar refractivity (Wildman–Crippen MR) is 110 cm³/mol. The number of hydrogen-bond donors (Lipinski definition) is 3. The van der Waals surface area contributed by atoms with Gasteiger partial charge in [-0.15, -0.1) is 0 Å². The number of aromatic nitrogens is 2. The third-order valence-electron chi connectivity index (χ3n) is 4.13. The number of carbonyl (C=O) groups is 1. The van der Waals surface area contributed by atoms with Crippen LogP contribution in [0.15, 0.2) is 63.9 Å². The number of nitrogens with one attached hydrogen (secondary N) is 3. The number of anilines is 2. The molecule has 2 amide bonds. The highest BCUT2D eigenvalue weighted by molar-refractivity contribution is 6.31. The van der Waals surface area contributed by atoms with E-state index in [1.807, 2.05) is 0 Å². The molecule has 8 nitrogen and oxygen atoms in total. The summed E-state index contributed by atoms with van der Waals surface area (Å²) in [4.78, 5) is 30.0. The molecule has 0 fully saturated rings. The number of nitrogens with zero attached hydrogens (tertiary/aromatic N) is 1. The van der Waals surface area contributed by atoms with E-state index in [0.29, 0.717) is 11.4 Å². The second-order valence-electron chi connectivity index (χ2n) is 6.40. The minimum absolute atomic E-state index is 0.0895. The molecule has 2 aromatic heterocycles. The van der Waals surface area contributed by atoms with Gasteiger partial charge in [0.05, 0.1) is 10.6 Å². The van der Waals surface area contributed by atoms with Crippen molar-refractivity contribution in [3.8, 4) is 11.5 Å². The van der Waals surface area contributed by atoms with Crippen molar-refractivity contribution in [1.29, 1.82) is 0 Å².